The molecule has 0 aromatic heterocycles. The Morgan fingerprint density at radius 2 is 1.23 bits per heavy atom. The minimum Gasteiger partial charge on any atom is -0.497 e. The number of hydrogen-bond acceptors (Lipinski definition) is 6. The smallest absolute Gasteiger partial charge is 0.414 e. The zero-order chi connectivity index (χ0) is 22.8. The molecule has 3 rings (SSSR count). The van der Waals surface area contributed by atoms with Crippen LogP contribution in [0.5, 0.6) is 11.5 Å². The van der Waals surface area contributed by atoms with E-state index in [1.807, 2.05) is 6.07 Å². The second kappa shape index (κ2) is 12.3. The van der Waals surface area contributed by atoms with Crippen LogP contribution in [0.3, 0.4) is 0 Å². The third kappa shape index (κ3) is 8.56. The zero-order valence-electron chi connectivity index (χ0n) is 17.6. The van der Waals surface area contributed by atoms with Crippen molar-refractivity contribution in [1.29, 1.82) is 0 Å². The molecule has 2 aromatic carbocycles. The van der Waals surface area contributed by atoms with Gasteiger partial charge in [-0.2, -0.15) is 0 Å². The first-order valence-corrected chi connectivity index (χ1v) is 10.5. The van der Waals surface area contributed by atoms with Crippen LogP contribution >= 0.6 is 15.9 Å². The summed E-state index contributed by atoms with van der Waals surface area (Å²) in [7, 11) is 3.39. The Hall–Kier alpha value is -2.62. The van der Waals surface area contributed by atoms with Crippen LogP contribution in [0.4, 0.5) is 0 Å². The standard InChI is InChI=1S/C20H25BrN2O2.C2H2O4/c1-24-19-11-17(12-20(13-19)25-2)15-23-9-7-22(8-10-23)14-16-3-5-18(21)6-4-16;3-1(4)2(5)6/h3-6,11-13H,7-10,14-15H2,1-2H3;(H,3,4)(H,5,6). The summed E-state index contributed by atoms with van der Waals surface area (Å²) in [6.45, 7) is 6.30. The van der Waals surface area contributed by atoms with Crippen molar-refractivity contribution in [2.45, 2.75) is 13.1 Å². The van der Waals surface area contributed by atoms with Crippen LogP contribution in [0, 0.1) is 0 Å². The van der Waals surface area contributed by atoms with Gasteiger partial charge in [-0.25, -0.2) is 9.59 Å². The lowest BCUT2D eigenvalue weighted by Crippen LogP contribution is -2.45. The van der Waals surface area contributed by atoms with Gasteiger partial charge in [-0.05, 0) is 35.4 Å². The van der Waals surface area contributed by atoms with E-state index in [9.17, 15) is 0 Å². The topological polar surface area (TPSA) is 99.5 Å². The molecule has 168 valence electrons. The van der Waals surface area contributed by atoms with Crippen molar-refractivity contribution in [3.63, 3.8) is 0 Å². The van der Waals surface area contributed by atoms with Gasteiger partial charge in [0.05, 0.1) is 14.2 Å². The molecule has 0 spiro atoms. The lowest BCUT2D eigenvalue weighted by Gasteiger charge is -2.34. The number of piperazine rings is 1. The molecule has 1 aliphatic heterocycles. The zero-order valence-corrected chi connectivity index (χ0v) is 19.2. The molecule has 1 aliphatic rings. The number of carbonyl (C=O) groups is 2. The highest BCUT2D eigenvalue weighted by atomic mass is 79.9. The van der Waals surface area contributed by atoms with Crippen molar-refractivity contribution in [1.82, 2.24) is 9.80 Å². The number of nitrogens with zero attached hydrogens (tertiary/aromatic N) is 2. The van der Waals surface area contributed by atoms with Crippen LogP contribution in [0.2, 0.25) is 0 Å². The minimum absolute atomic E-state index is 0.850. The average Bonchev–Trinajstić information content (AvgIpc) is 2.76. The summed E-state index contributed by atoms with van der Waals surface area (Å²) in [6, 6.07) is 14.7. The fourth-order valence-electron chi connectivity index (χ4n) is 3.17. The van der Waals surface area contributed by atoms with Crippen molar-refractivity contribution >= 4 is 27.9 Å². The van der Waals surface area contributed by atoms with Gasteiger partial charge >= 0.3 is 11.9 Å². The quantitative estimate of drug-likeness (QED) is 0.591. The Labute approximate surface area is 190 Å². The van der Waals surface area contributed by atoms with Gasteiger partial charge in [0.1, 0.15) is 11.5 Å². The van der Waals surface area contributed by atoms with Crippen LogP contribution in [0.1, 0.15) is 11.1 Å². The van der Waals surface area contributed by atoms with Crippen molar-refractivity contribution in [2.24, 2.45) is 0 Å². The van der Waals surface area contributed by atoms with Crippen molar-refractivity contribution < 1.29 is 29.3 Å². The van der Waals surface area contributed by atoms with Crippen LogP contribution < -0.4 is 9.47 Å². The number of carboxylic acids is 2. The minimum atomic E-state index is -1.82. The van der Waals surface area contributed by atoms with Gasteiger partial charge in [0.2, 0.25) is 0 Å². The van der Waals surface area contributed by atoms with Gasteiger partial charge in [-0.3, -0.25) is 9.80 Å². The summed E-state index contributed by atoms with van der Waals surface area (Å²) in [5.74, 6) is -1.95. The fraction of sp³-hybridized carbons (Fsp3) is 0.364. The maximum absolute atomic E-state index is 9.10. The van der Waals surface area contributed by atoms with Crippen LogP contribution in [-0.4, -0.2) is 72.4 Å². The van der Waals surface area contributed by atoms with Gasteiger partial charge in [0.15, 0.2) is 0 Å². The van der Waals surface area contributed by atoms with E-state index in [0.717, 1.165) is 55.2 Å². The molecule has 0 aliphatic carbocycles. The summed E-state index contributed by atoms with van der Waals surface area (Å²) in [6.07, 6.45) is 0. The van der Waals surface area contributed by atoms with E-state index in [4.69, 9.17) is 29.3 Å². The summed E-state index contributed by atoms with van der Waals surface area (Å²) < 4.78 is 11.9. The monoisotopic (exact) mass is 494 g/mol. The molecule has 9 heteroatoms. The van der Waals surface area contributed by atoms with E-state index in [0.29, 0.717) is 0 Å². The lowest BCUT2D eigenvalue weighted by atomic mass is 10.1. The summed E-state index contributed by atoms with van der Waals surface area (Å²) >= 11 is 3.49. The third-order valence-corrected chi connectivity index (χ3v) is 5.31. The molecule has 0 amide bonds. The highest BCUT2D eigenvalue weighted by molar-refractivity contribution is 9.10. The summed E-state index contributed by atoms with van der Waals surface area (Å²) in [4.78, 5) is 23.2. The molecule has 2 aromatic rings. The number of benzene rings is 2. The van der Waals surface area contributed by atoms with E-state index < -0.39 is 11.9 Å². The van der Waals surface area contributed by atoms with E-state index >= 15 is 0 Å². The van der Waals surface area contributed by atoms with Gasteiger partial charge in [-0.15, -0.1) is 0 Å². The molecule has 0 saturated carbocycles. The predicted octanol–water partition coefficient (Wildman–Crippen LogP) is 2.94. The van der Waals surface area contributed by atoms with Gasteiger partial charge in [0.25, 0.3) is 0 Å². The Morgan fingerprint density at radius 3 is 1.61 bits per heavy atom. The molecule has 1 heterocycles. The highest BCUT2D eigenvalue weighted by Gasteiger charge is 2.17. The molecular formula is C22H27BrN2O6. The first-order valence-electron chi connectivity index (χ1n) is 9.68. The summed E-state index contributed by atoms with van der Waals surface area (Å²) in [5.41, 5.74) is 2.60. The van der Waals surface area contributed by atoms with Crippen molar-refractivity contribution in [3.05, 3.63) is 58.1 Å². The van der Waals surface area contributed by atoms with E-state index in [1.54, 1.807) is 14.2 Å². The second-order valence-corrected chi connectivity index (χ2v) is 7.93. The Morgan fingerprint density at radius 1 is 0.806 bits per heavy atom. The van der Waals surface area contributed by atoms with Gasteiger partial charge < -0.3 is 19.7 Å². The number of aliphatic carboxylic acids is 2. The van der Waals surface area contributed by atoms with E-state index in [-0.39, 0.29) is 0 Å². The van der Waals surface area contributed by atoms with Crippen LogP contribution in [0.15, 0.2) is 46.9 Å². The Balaban J connectivity index is 0.000000501. The normalized spacial score (nSPS) is 14.3. The number of carboxylic acid groups (broad SMARTS) is 2. The van der Waals surface area contributed by atoms with Gasteiger partial charge in [-0.1, -0.05) is 28.1 Å². The first kappa shape index (κ1) is 24.6. The van der Waals surface area contributed by atoms with E-state index in [2.05, 4.69) is 62.1 Å². The summed E-state index contributed by atoms with van der Waals surface area (Å²) in [5, 5.41) is 14.8. The van der Waals surface area contributed by atoms with Gasteiger partial charge in [0, 0.05) is 49.8 Å². The average molecular weight is 495 g/mol. The SMILES string of the molecule is COc1cc(CN2CCN(Cc3ccc(Br)cc3)CC2)cc(OC)c1.O=C(O)C(=O)O. The molecule has 2 N–H and O–H groups in total. The van der Waals surface area contributed by atoms with E-state index in [1.165, 1.54) is 11.1 Å². The molecule has 1 saturated heterocycles. The van der Waals surface area contributed by atoms with Crippen LogP contribution in [0.25, 0.3) is 0 Å². The number of rotatable bonds is 6. The lowest BCUT2D eigenvalue weighted by molar-refractivity contribution is -0.159. The number of methoxy groups -OCH3 is 2. The predicted molar refractivity (Wildman–Crippen MR) is 120 cm³/mol. The first-order chi connectivity index (χ1) is 14.8. The number of halogens is 1. The van der Waals surface area contributed by atoms with Crippen molar-refractivity contribution in [3.8, 4) is 11.5 Å². The fourth-order valence-corrected chi connectivity index (χ4v) is 3.43. The number of ether oxygens (including phenoxy) is 2. The highest BCUT2D eigenvalue weighted by Crippen LogP contribution is 2.24. The molecule has 0 atom stereocenters. The Bertz CT molecular complexity index is 833. The molecule has 1 fully saturated rings. The largest absolute Gasteiger partial charge is 0.497 e. The maximum atomic E-state index is 9.10. The Kier molecular flexibility index (Phi) is 9.77. The molecule has 0 bridgehead atoms. The second-order valence-electron chi connectivity index (χ2n) is 7.01. The van der Waals surface area contributed by atoms with Crippen molar-refractivity contribution in [2.75, 3.05) is 40.4 Å². The molecular weight excluding hydrogens is 468 g/mol. The third-order valence-electron chi connectivity index (χ3n) is 4.78. The molecule has 8 nitrogen and oxygen atoms in total. The molecule has 0 unspecified atom stereocenters. The molecule has 0 radical (unpaired) electrons. The molecule has 31 heavy (non-hydrogen) atoms. The maximum Gasteiger partial charge on any atom is 0.414 e. The number of hydrogen-bond donors (Lipinski definition) is 2. The van der Waals surface area contributed by atoms with Crippen LogP contribution in [-0.2, 0) is 22.7 Å².